The van der Waals surface area contributed by atoms with E-state index in [0.29, 0.717) is 27.5 Å². The Bertz CT molecular complexity index is 1280. The summed E-state index contributed by atoms with van der Waals surface area (Å²) in [6.45, 7) is 2.08. The molecule has 28 heavy (non-hydrogen) atoms. The summed E-state index contributed by atoms with van der Waals surface area (Å²) in [6, 6.07) is 10.1. The molecule has 0 aliphatic rings. The van der Waals surface area contributed by atoms with Crippen molar-refractivity contribution < 1.29 is 14.5 Å². The number of thiazole rings is 1. The molecule has 0 N–H and O–H groups in total. The van der Waals surface area contributed by atoms with Gasteiger partial charge in [-0.25, -0.2) is 14.3 Å². The number of carbonyl (C=O) groups is 1. The van der Waals surface area contributed by atoms with Gasteiger partial charge < -0.3 is 5.11 Å². The summed E-state index contributed by atoms with van der Waals surface area (Å²) in [7, 11) is 0. The van der Waals surface area contributed by atoms with Crippen LogP contribution in [0.2, 0.25) is 4.47 Å². The highest BCUT2D eigenvalue weighted by atomic mass is 35.5. The van der Waals surface area contributed by atoms with Crippen LogP contribution in [0.5, 0.6) is 5.88 Å². The molecule has 0 saturated carbocycles. The molecule has 0 radical (unpaired) electrons. The number of benzene rings is 1. The highest BCUT2D eigenvalue weighted by molar-refractivity contribution is 7.15. The molecule has 0 saturated heterocycles. The van der Waals surface area contributed by atoms with Gasteiger partial charge >= 0.3 is 5.56 Å². The molecule has 8 heteroatoms. The summed E-state index contributed by atoms with van der Waals surface area (Å²) in [5, 5.41) is 13.4. The van der Waals surface area contributed by atoms with E-state index in [2.05, 4.69) is 4.98 Å². The minimum atomic E-state index is -0.426. The number of hydrogen-bond donors (Lipinski definition) is 0. The lowest BCUT2D eigenvalue weighted by molar-refractivity contribution is -0.707. The van der Waals surface area contributed by atoms with Gasteiger partial charge in [0.1, 0.15) is 18.4 Å². The van der Waals surface area contributed by atoms with Crippen molar-refractivity contribution in [3.8, 4) is 17.0 Å². The molecule has 0 unspecified atom stereocenters. The van der Waals surface area contributed by atoms with Gasteiger partial charge in [-0.15, -0.1) is 11.3 Å². The van der Waals surface area contributed by atoms with Crippen molar-refractivity contribution in [2.75, 3.05) is 0 Å². The number of nitrogens with zero attached hydrogens (tertiary/aromatic N) is 3. The SMILES string of the molecule is Cc1cccn2c(=O)c(-c3cccc(C=O)c3)c([O-])[n+](Cc3cnc(Cl)s3)c12. The van der Waals surface area contributed by atoms with Gasteiger partial charge in [-0.1, -0.05) is 29.8 Å². The second-order valence-electron chi connectivity index (χ2n) is 6.28. The van der Waals surface area contributed by atoms with E-state index >= 15 is 0 Å². The average molecular weight is 412 g/mol. The first-order valence-corrected chi connectivity index (χ1v) is 9.59. The zero-order valence-electron chi connectivity index (χ0n) is 14.8. The van der Waals surface area contributed by atoms with Crippen LogP contribution in [0.15, 0.2) is 53.6 Å². The summed E-state index contributed by atoms with van der Waals surface area (Å²) in [6.07, 6.45) is 3.93. The Morgan fingerprint density at radius 3 is 2.86 bits per heavy atom. The minimum Gasteiger partial charge on any atom is -0.842 e. The molecule has 0 atom stereocenters. The van der Waals surface area contributed by atoms with Crippen LogP contribution in [-0.2, 0) is 6.54 Å². The van der Waals surface area contributed by atoms with Crippen LogP contribution in [0, 0.1) is 6.92 Å². The van der Waals surface area contributed by atoms with Crippen molar-refractivity contribution in [3.63, 3.8) is 0 Å². The Morgan fingerprint density at radius 1 is 1.32 bits per heavy atom. The molecule has 0 aliphatic carbocycles. The fourth-order valence-corrected chi connectivity index (χ4v) is 4.20. The van der Waals surface area contributed by atoms with Crippen LogP contribution < -0.4 is 15.2 Å². The zero-order chi connectivity index (χ0) is 19.8. The molecular weight excluding hydrogens is 398 g/mol. The highest BCUT2D eigenvalue weighted by Gasteiger charge is 2.22. The Kier molecular flexibility index (Phi) is 4.70. The number of pyridine rings is 1. The Morgan fingerprint density at radius 2 is 2.14 bits per heavy atom. The van der Waals surface area contributed by atoms with Gasteiger partial charge in [0.25, 0.3) is 5.65 Å². The number of aromatic nitrogens is 3. The average Bonchev–Trinajstić information content (AvgIpc) is 3.10. The maximum Gasteiger partial charge on any atom is 0.349 e. The maximum atomic E-state index is 13.4. The molecule has 3 heterocycles. The van der Waals surface area contributed by atoms with Crippen LogP contribution in [-0.4, -0.2) is 15.7 Å². The number of halogens is 1. The van der Waals surface area contributed by atoms with Crippen LogP contribution in [0.3, 0.4) is 0 Å². The van der Waals surface area contributed by atoms with E-state index in [0.717, 1.165) is 10.4 Å². The van der Waals surface area contributed by atoms with Crippen molar-refractivity contribution in [2.45, 2.75) is 13.5 Å². The standard InChI is InChI=1S/C20H14ClN3O3S/c1-12-4-3-7-23-17(12)24(10-15-9-22-20(21)28-15)19(27)16(18(23)26)14-6-2-5-13(8-14)11-25/h2-9,11H,10H2,1H3. The van der Waals surface area contributed by atoms with Crippen molar-refractivity contribution in [1.29, 1.82) is 0 Å². The molecule has 1 aromatic carbocycles. The third kappa shape index (κ3) is 3.08. The van der Waals surface area contributed by atoms with Crippen molar-refractivity contribution in [3.05, 3.63) is 79.6 Å². The van der Waals surface area contributed by atoms with E-state index in [1.807, 2.05) is 13.0 Å². The van der Waals surface area contributed by atoms with Gasteiger partial charge in [-0.3, -0.25) is 4.79 Å². The van der Waals surface area contributed by atoms with Gasteiger partial charge in [-0.05, 0) is 30.7 Å². The molecule has 140 valence electrons. The largest absolute Gasteiger partial charge is 0.842 e. The van der Waals surface area contributed by atoms with Crippen LogP contribution in [0.1, 0.15) is 20.8 Å². The quantitative estimate of drug-likeness (QED) is 0.382. The summed E-state index contributed by atoms with van der Waals surface area (Å²) >= 11 is 7.21. The van der Waals surface area contributed by atoms with Crippen LogP contribution >= 0.6 is 22.9 Å². The molecule has 0 aliphatic heterocycles. The Hall–Kier alpha value is -3.03. The van der Waals surface area contributed by atoms with Crippen LogP contribution in [0.4, 0.5) is 0 Å². The van der Waals surface area contributed by atoms with Crippen LogP contribution in [0.25, 0.3) is 16.8 Å². The van der Waals surface area contributed by atoms with Crippen molar-refractivity contribution >= 4 is 34.9 Å². The van der Waals surface area contributed by atoms with E-state index in [9.17, 15) is 14.7 Å². The number of hydrogen-bond acceptors (Lipinski definition) is 5. The summed E-state index contributed by atoms with van der Waals surface area (Å²) in [5.41, 5.74) is 1.70. The van der Waals surface area contributed by atoms with E-state index in [1.165, 1.54) is 15.7 Å². The predicted octanol–water partition coefficient (Wildman–Crippen LogP) is 2.61. The van der Waals surface area contributed by atoms with E-state index in [1.54, 1.807) is 47.3 Å². The molecular formula is C20H14ClN3O3S. The molecule has 0 fully saturated rings. The number of aryl methyl sites for hydroxylation is 1. The molecule has 4 aromatic rings. The molecule has 4 rings (SSSR count). The molecule has 0 spiro atoms. The lowest BCUT2D eigenvalue weighted by Crippen LogP contribution is -2.44. The predicted molar refractivity (Wildman–Crippen MR) is 105 cm³/mol. The smallest absolute Gasteiger partial charge is 0.349 e. The van der Waals surface area contributed by atoms with Gasteiger partial charge in [0.2, 0.25) is 0 Å². The second-order valence-corrected chi connectivity index (χ2v) is 7.98. The fourth-order valence-electron chi connectivity index (χ4n) is 3.23. The molecule has 3 aromatic heterocycles. The summed E-state index contributed by atoms with van der Waals surface area (Å²) in [4.78, 5) is 29.1. The third-order valence-electron chi connectivity index (χ3n) is 4.46. The normalized spacial score (nSPS) is 11.1. The maximum absolute atomic E-state index is 13.4. The molecule has 0 bridgehead atoms. The van der Waals surface area contributed by atoms with E-state index in [4.69, 9.17) is 11.6 Å². The van der Waals surface area contributed by atoms with Gasteiger partial charge in [0.15, 0.2) is 4.47 Å². The van der Waals surface area contributed by atoms with E-state index < -0.39 is 11.4 Å². The van der Waals surface area contributed by atoms with E-state index in [-0.39, 0.29) is 12.1 Å². The lowest BCUT2D eigenvalue weighted by atomic mass is 10.1. The number of fused-ring (bicyclic) bond motifs is 1. The van der Waals surface area contributed by atoms with Crippen molar-refractivity contribution in [1.82, 2.24) is 9.38 Å². The topological polar surface area (TPSA) is 78.4 Å². The number of aldehydes is 1. The molecule has 0 amide bonds. The lowest BCUT2D eigenvalue weighted by Gasteiger charge is -2.17. The highest BCUT2D eigenvalue weighted by Crippen LogP contribution is 2.24. The van der Waals surface area contributed by atoms with Crippen molar-refractivity contribution in [2.24, 2.45) is 0 Å². The Labute approximate surface area is 168 Å². The number of rotatable bonds is 4. The first kappa shape index (κ1) is 18.3. The summed E-state index contributed by atoms with van der Waals surface area (Å²) < 4.78 is 3.39. The van der Waals surface area contributed by atoms with Gasteiger partial charge in [0.05, 0.1) is 17.0 Å². The number of carbonyl (C=O) groups excluding carboxylic acids is 1. The third-order valence-corrected chi connectivity index (χ3v) is 5.56. The fraction of sp³-hybridized carbons (Fsp3) is 0.100. The molecule has 6 nitrogen and oxygen atoms in total. The first-order chi connectivity index (χ1) is 13.5. The van der Waals surface area contributed by atoms with Gasteiger partial charge in [-0.2, -0.15) is 4.40 Å². The Balaban J connectivity index is 2.06. The monoisotopic (exact) mass is 411 g/mol. The minimum absolute atomic E-state index is 0.0161. The summed E-state index contributed by atoms with van der Waals surface area (Å²) in [5.74, 6) is -0.424. The first-order valence-electron chi connectivity index (χ1n) is 8.40. The second kappa shape index (κ2) is 7.18. The van der Waals surface area contributed by atoms with Gasteiger partial charge in [0, 0.05) is 17.3 Å². The zero-order valence-corrected chi connectivity index (χ0v) is 16.3.